The normalized spacial score (nSPS) is 19.6. The summed E-state index contributed by atoms with van der Waals surface area (Å²) >= 11 is 0. The lowest BCUT2D eigenvalue weighted by Crippen LogP contribution is -2.42. The third kappa shape index (κ3) is 2.61. The van der Waals surface area contributed by atoms with Gasteiger partial charge in [0.05, 0.1) is 5.92 Å². The number of aliphatic carboxylic acids is 1. The molecule has 1 aliphatic rings. The van der Waals surface area contributed by atoms with Gasteiger partial charge in [-0.1, -0.05) is 6.07 Å². The van der Waals surface area contributed by atoms with Gasteiger partial charge in [0.2, 0.25) is 0 Å². The van der Waals surface area contributed by atoms with Crippen LogP contribution in [-0.4, -0.2) is 40.1 Å². The van der Waals surface area contributed by atoms with Gasteiger partial charge in [0.15, 0.2) is 0 Å². The number of benzene rings is 1. The van der Waals surface area contributed by atoms with Crippen LogP contribution in [0.2, 0.25) is 0 Å². The van der Waals surface area contributed by atoms with E-state index in [1.165, 1.54) is 17.0 Å². The second kappa shape index (κ2) is 5.08. The Hall–Kier alpha value is -2.04. The van der Waals surface area contributed by atoms with Crippen LogP contribution in [0.15, 0.2) is 24.3 Å². The van der Waals surface area contributed by atoms with Gasteiger partial charge in [0, 0.05) is 18.7 Å². The lowest BCUT2D eigenvalue weighted by atomic mass is 9.97. The molecule has 0 spiro atoms. The van der Waals surface area contributed by atoms with Gasteiger partial charge >= 0.3 is 5.97 Å². The highest BCUT2D eigenvalue weighted by molar-refractivity contribution is 5.95. The van der Waals surface area contributed by atoms with E-state index < -0.39 is 11.9 Å². The average molecular weight is 249 g/mol. The minimum atomic E-state index is -0.858. The topological polar surface area (TPSA) is 77.8 Å². The molecule has 1 amide bonds. The van der Waals surface area contributed by atoms with Gasteiger partial charge in [0.25, 0.3) is 5.91 Å². The van der Waals surface area contributed by atoms with Crippen molar-refractivity contribution >= 4 is 11.9 Å². The first-order valence-electron chi connectivity index (χ1n) is 5.89. The summed E-state index contributed by atoms with van der Waals surface area (Å²) in [6.07, 6.45) is 1.31. The molecular formula is C13H15NO4. The summed E-state index contributed by atoms with van der Waals surface area (Å²) in [4.78, 5) is 24.6. The van der Waals surface area contributed by atoms with Crippen LogP contribution < -0.4 is 0 Å². The predicted molar refractivity (Wildman–Crippen MR) is 64.4 cm³/mol. The number of carboxylic acids is 1. The molecule has 1 aromatic rings. The Morgan fingerprint density at radius 1 is 1.33 bits per heavy atom. The Morgan fingerprint density at radius 3 is 2.78 bits per heavy atom. The van der Waals surface area contributed by atoms with E-state index in [2.05, 4.69) is 0 Å². The zero-order valence-electron chi connectivity index (χ0n) is 9.87. The second-order valence-electron chi connectivity index (χ2n) is 4.48. The van der Waals surface area contributed by atoms with Crippen molar-refractivity contribution in [2.45, 2.75) is 12.8 Å². The van der Waals surface area contributed by atoms with Gasteiger partial charge in [-0.2, -0.15) is 0 Å². The number of carbonyl (C=O) groups is 2. The molecule has 1 aromatic carbocycles. The third-order valence-corrected chi connectivity index (χ3v) is 3.15. The number of piperidine rings is 1. The minimum Gasteiger partial charge on any atom is -0.508 e. The van der Waals surface area contributed by atoms with Crippen LogP contribution in [0.5, 0.6) is 5.75 Å². The van der Waals surface area contributed by atoms with Crippen LogP contribution in [0.4, 0.5) is 0 Å². The van der Waals surface area contributed by atoms with Gasteiger partial charge < -0.3 is 15.1 Å². The fraction of sp³-hybridized carbons (Fsp3) is 0.385. The molecule has 18 heavy (non-hydrogen) atoms. The number of amides is 1. The van der Waals surface area contributed by atoms with Gasteiger partial charge in [-0.25, -0.2) is 0 Å². The van der Waals surface area contributed by atoms with Gasteiger partial charge in [-0.15, -0.1) is 0 Å². The first-order valence-corrected chi connectivity index (χ1v) is 5.89. The molecular weight excluding hydrogens is 234 g/mol. The fourth-order valence-electron chi connectivity index (χ4n) is 2.18. The number of aromatic hydroxyl groups is 1. The molecule has 0 radical (unpaired) electrons. The number of carbonyl (C=O) groups excluding carboxylic acids is 1. The maximum atomic E-state index is 12.1. The molecule has 5 nitrogen and oxygen atoms in total. The number of hydrogen-bond acceptors (Lipinski definition) is 3. The van der Waals surface area contributed by atoms with E-state index in [9.17, 15) is 14.7 Å². The van der Waals surface area contributed by atoms with Crippen LogP contribution in [0, 0.1) is 5.92 Å². The molecule has 0 aliphatic carbocycles. The molecule has 5 heteroatoms. The monoisotopic (exact) mass is 249 g/mol. The van der Waals surface area contributed by atoms with Crippen molar-refractivity contribution in [3.8, 4) is 5.75 Å². The Kier molecular flexibility index (Phi) is 3.50. The quantitative estimate of drug-likeness (QED) is 0.828. The summed E-state index contributed by atoms with van der Waals surface area (Å²) in [5, 5.41) is 18.3. The summed E-state index contributed by atoms with van der Waals surface area (Å²) in [6, 6.07) is 6.10. The molecule has 1 saturated heterocycles. The number of phenolic OH excluding ortho intramolecular Hbond substituents is 1. The van der Waals surface area contributed by atoms with Crippen molar-refractivity contribution in [3.05, 3.63) is 29.8 Å². The molecule has 0 unspecified atom stereocenters. The summed E-state index contributed by atoms with van der Waals surface area (Å²) in [6.45, 7) is 0.808. The first-order chi connectivity index (χ1) is 8.58. The average Bonchev–Trinajstić information content (AvgIpc) is 2.38. The van der Waals surface area contributed by atoms with E-state index in [0.29, 0.717) is 24.9 Å². The van der Waals surface area contributed by atoms with E-state index in [4.69, 9.17) is 5.11 Å². The number of rotatable bonds is 2. The number of nitrogens with zero attached hydrogens (tertiary/aromatic N) is 1. The zero-order valence-corrected chi connectivity index (χ0v) is 9.87. The second-order valence-corrected chi connectivity index (χ2v) is 4.48. The zero-order chi connectivity index (χ0) is 13.1. The summed E-state index contributed by atoms with van der Waals surface area (Å²) < 4.78 is 0. The van der Waals surface area contributed by atoms with Gasteiger partial charge in [0.1, 0.15) is 5.75 Å². The van der Waals surface area contributed by atoms with E-state index in [1.54, 1.807) is 12.1 Å². The number of hydrogen-bond donors (Lipinski definition) is 2. The summed E-state index contributed by atoms with van der Waals surface area (Å²) in [7, 11) is 0. The number of likely N-dealkylation sites (tertiary alicyclic amines) is 1. The van der Waals surface area contributed by atoms with E-state index in [0.717, 1.165) is 0 Å². The lowest BCUT2D eigenvalue weighted by molar-refractivity contribution is -0.143. The van der Waals surface area contributed by atoms with Crippen LogP contribution in [0.25, 0.3) is 0 Å². The number of carboxylic acid groups (broad SMARTS) is 1. The first kappa shape index (κ1) is 12.4. The Morgan fingerprint density at radius 2 is 2.11 bits per heavy atom. The van der Waals surface area contributed by atoms with E-state index >= 15 is 0 Å². The van der Waals surface area contributed by atoms with Crippen molar-refractivity contribution in [1.82, 2.24) is 4.90 Å². The fourth-order valence-corrected chi connectivity index (χ4v) is 2.18. The summed E-state index contributed by atoms with van der Waals surface area (Å²) in [5.74, 6) is -1.53. The molecule has 1 heterocycles. The molecule has 0 bridgehead atoms. The number of phenols is 1. The van der Waals surface area contributed by atoms with Crippen LogP contribution in [-0.2, 0) is 4.79 Å². The Balaban J connectivity index is 2.11. The highest BCUT2D eigenvalue weighted by Gasteiger charge is 2.28. The van der Waals surface area contributed by atoms with Crippen molar-refractivity contribution in [2.24, 2.45) is 5.92 Å². The smallest absolute Gasteiger partial charge is 0.308 e. The predicted octanol–water partition coefficient (Wildman–Crippen LogP) is 1.33. The van der Waals surface area contributed by atoms with Crippen molar-refractivity contribution in [1.29, 1.82) is 0 Å². The molecule has 2 N–H and O–H groups in total. The largest absolute Gasteiger partial charge is 0.508 e. The lowest BCUT2D eigenvalue weighted by Gasteiger charge is -2.30. The highest BCUT2D eigenvalue weighted by Crippen LogP contribution is 2.20. The standard InChI is InChI=1S/C13H15NO4/c15-11-5-1-3-9(7-11)12(16)14-6-2-4-10(8-14)13(17)18/h1,3,5,7,10,15H,2,4,6,8H2,(H,17,18)/t10-/m1/s1. The minimum absolute atomic E-state index is 0.0349. The van der Waals surface area contributed by atoms with Crippen LogP contribution >= 0.6 is 0 Å². The molecule has 2 rings (SSSR count). The highest BCUT2D eigenvalue weighted by atomic mass is 16.4. The van der Waals surface area contributed by atoms with Gasteiger partial charge in [-0.05, 0) is 31.0 Å². The molecule has 0 saturated carbocycles. The Bertz CT molecular complexity index is 472. The van der Waals surface area contributed by atoms with Crippen LogP contribution in [0.3, 0.4) is 0 Å². The van der Waals surface area contributed by atoms with E-state index in [1.807, 2.05) is 0 Å². The van der Waals surface area contributed by atoms with Gasteiger partial charge in [-0.3, -0.25) is 9.59 Å². The van der Waals surface area contributed by atoms with Crippen molar-refractivity contribution < 1.29 is 19.8 Å². The van der Waals surface area contributed by atoms with Crippen molar-refractivity contribution in [3.63, 3.8) is 0 Å². The van der Waals surface area contributed by atoms with E-state index in [-0.39, 0.29) is 18.2 Å². The Labute approximate surface area is 105 Å². The molecule has 96 valence electrons. The molecule has 1 fully saturated rings. The molecule has 1 atom stereocenters. The maximum absolute atomic E-state index is 12.1. The third-order valence-electron chi connectivity index (χ3n) is 3.15. The van der Waals surface area contributed by atoms with Crippen LogP contribution in [0.1, 0.15) is 23.2 Å². The molecule has 0 aromatic heterocycles. The summed E-state index contributed by atoms with van der Waals surface area (Å²) in [5.41, 5.74) is 0.390. The van der Waals surface area contributed by atoms with Crippen molar-refractivity contribution in [2.75, 3.05) is 13.1 Å². The molecule has 1 aliphatic heterocycles. The maximum Gasteiger partial charge on any atom is 0.308 e. The SMILES string of the molecule is O=C(O)[C@@H]1CCCN(C(=O)c2cccc(O)c2)C1.